The van der Waals surface area contributed by atoms with Crippen LogP contribution in [-0.2, 0) is 23.9 Å². The maximum absolute atomic E-state index is 14.5. The molecule has 5 aliphatic rings. The number of carbonyl (C=O) groups is 4. The van der Waals surface area contributed by atoms with E-state index in [0.717, 1.165) is 29.9 Å². The highest BCUT2D eigenvalue weighted by Gasteiger charge is 2.67. The molecule has 256 valence electrons. The first-order chi connectivity index (χ1) is 24.2. The smallest absolute Gasteiger partial charge is 0.241 e. The van der Waals surface area contributed by atoms with Crippen molar-refractivity contribution >= 4 is 46.8 Å². The third-order valence-electron chi connectivity index (χ3n) is 11.5. The van der Waals surface area contributed by atoms with Crippen LogP contribution in [0.1, 0.15) is 25.3 Å². The second-order valence-corrected chi connectivity index (χ2v) is 14.0. The molecular formula is C40H39N3O7. The molecule has 4 fully saturated rings. The zero-order chi connectivity index (χ0) is 34.7. The van der Waals surface area contributed by atoms with Gasteiger partial charge in [-0.3, -0.25) is 24.1 Å². The van der Waals surface area contributed by atoms with Gasteiger partial charge in [-0.15, -0.1) is 0 Å². The Labute approximate surface area is 290 Å². The van der Waals surface area contributed by atoms with Crippen molar-refractivity contribution in [1.29, 1.82) is 0 Å². The Morgan fingerprint density at radius 1 is 0.840 bits per heavy atom. The monoisotopic (exact) mass is 673 g/mol. The van der Waals surface area contributed by atoms with Crippen LogP contribution >= 0.6 is 0 Å². The molecule has 0 radical (unpaired) electrons. The molecule has 0 spiro atoms. The SMILES string of the molecule is COc1cc(C=C[C@H]2C3=CC[C@@H]4C(=O)N(c5ccc(N6CCOCC6)cc5)C(=O)[C@@H]4[C@@H]3C[C@H]3C(=O)N(c4ccccc4)C(=O)[C@@]23C)ccc1O. The third-order valence-corrected chi connectivity index (χ3v) is 11.5. The molecule has 0 aromatic heterocycles. The number of anilines is 3. The molecule has 0 unspecified atom stereocenters. The van der Waals surface area contributed by atoms with Crippen LogP contribution in [0.4, 0.5) is 17.1 Å². The fraction of sp³-hybridized carbons (Fsp3) is 0.350. The minimum atomic E-state index is -1.12. The number of ether oxygens (including phenoxy) is 2. The number of aromatic hydroxyl groups is 1. The Balaban J connectivity index is 1.16. The number of carbonyl (C=O) groups excluding carboxylic acids is 4. The van der Waals surface area contributed by atoms with Gasteiger partial charge in [0.2, 0.25) is 23.6 Å². The average Bonchev–Trinajstić information content (AvgIpc) is 3.51. The van der Waals surface area contributed by atoms with Gasteiger partial charge in [0.15, 0.2) is 11.5 Å². The standard InChI is InChI=1S/C40H39N3O7/c1-40-31(16-8-24-9-17-33(44)34(22-24)49-2)28-14-15-29-35(30(28)23-32(40)37(46)43(39(40)48)26-6-4-3-5-7-26)38(47)42(36(29)45)27-12-10-25(11-13-27)41-18-20-50-21-19-41/h3-14,16-17,22,29-32,35,44H,15,18-21,23H2,1-2H3/t29-,30+,31-,32-,35-,40-/m0/s1. The Kier molecular flexibility index (Phi) is 7.86. The molecular weight excluding hydrogens is 634 g/mol. The molecule has 3 saturated heterocycles. The van der Waals surface area contributed by atoms with E-state index in [2.05, 4.69) is 4.90 Å². The number of morpholine rings is 1. The molecule has 10 heteroatoms. The van der Waals surface area contributed by atoms with E-state index in [9.17, 15) is 24.3 Å². The van der Waals surface area contributed by atoms with Crippen LogP contribution in [-0.4, -0.2) is 62.1 Å². The molecule has 3 aromatic rings. The number of fused-ring (bicyclic) bond motifs is 4. The van der Waals surface area contributed by atoms with Crippen LogP contribution < -0.4 is 19.4 Å². The van der Waals surface area contributed by atoms with Crippen molar-refractivity contribution in [2.75, 3.05) is 48.1 Å². The lowest BCUT2D eigenvalue weighted by atomic mass is 9.52. The van der Waals surface area contributed by atoms with Crippen molar-refractivity contribution in [3.8, 4) is 11.5 Å². The predicted molar refractivity (Wildman–Crippen MR) is 187 cm³/mol. The normalized spacial score (nSPS) is 29.3. The van der Waals surface area contributed by atoms with Gasteiger partial charge in [0.05, 0.1) is 54.9 Å². The largest absolute Gasteiger partial charge is 0.504 e. The summed E-state index contributed by atoms with van der Waals surface area (Å²) in [6, 6.07) is 21.5. The van der Waals surface area contributed by atoms with Gasteiger partial charge < -0.3 is 19.5 Å². The van der Waals surface area contributed by atoms with Crippen LogP contribution in [0.3, 0.4) is 0 Å². The van der Waals surface area contributed by atoms with Gasteiger partial charge in [-0.05, 0) is 79.8 Å². The van der Waals surface area contributed by atoms with Gasteiger partial charge in [0.1, 0.15) is 0 Å². The highest BCUT2D eigenvalue weighted by Crippen LogP contribution is 2.61. The first-order valence-electron chi connectivity index (χ1n) is 17.2. The van der Waals surface area contributed by atoms with E-state index in [1.54, 1.807) is 42.5 Å². The number of imide groups is 2. The number of allylic oxidation sites excluding steroid dienone is 3. The molecule has 8 rings (SSSR count). The number of hydrogen-bond acceptors (Lipinski definition) is 8. The zero-order valence-electron chi connectivity index (χ0n) is 28.0. The van der Waals surface area contributed by atoms with Crippen molar-refractivity contribution < 1.29 is 33.8 Å². The number of phenols is 1. The lowest BCUT2D eigenvalue weighted by Crippen LogP contribution is -2.49. The number of amides is 4. The second kappa shape index (κ2) is 12.3. The Bertz CT molecular complexity index is 1930. The highest BCUT2D eigenvalue weighted by molar-refractivity contribution is 6.25. The van der Waals surface area contributed by atoms with Crippen molar-refractivity contribution in [1.82, 2.24) is 0 Å². The molecule has 1 N–H and O–H groups in total. The van der Waals surface area contributed by atoms with Crippen LogP contribution in [0.15, 0.2) is 90.5 Å². The molecule has 3 heterocycles. The fourth-order valence-electron chi connectivity index (χ4n) is 8.94. The number of para-hydroxylation sites is 1. The predicted octanol–water partition coefficient (Wildman–Crippen LogP) is 5.22. The van der Waals surface area contributed by atoms with Gasteiger partial charge in [-0.25, -0.2) is 4.90 Å². The maximum atomic E-state index is 14.5. The van der Waals surface area contributed by atoms with Crippen LogP contribution in [0, 0.1) is 35.0 Å². The van der Waals surface area contributed by atoms with Gasteiger partial charge in [0, 0.05) is 24.7 Å². The summed E-state index contributed by atoms with van der Waals surface area (Å²) < 4.78 is 10.8. The summed E-state index contributed by atoms with van der Waals surface area (Å²) in [6.45, 7) is 4.73. The quantitative estimate of drug-likeness (QED) is 0.280. The number of benzene rings is 3. The van der Waals surface area contributed by atoms with Gasteiger partial charge in [-0.1, -0.05) is 48.1 Å². The van der Waals surface area contributed by atoms with E-state index in [-0.39, 0.29) is 35.8 Å². The Hall–Kier alpha value is -5.22. The third kappa shape index (κ3) is 4.87. The maximum Gasteiger partial charge on any atom is 0.241 e. The van der Waals surface area contributed by atoms with Crippen molar-refractivity contribution in [2.45, 2.75) is 19.8 Å². The van der Waals surface area contributed by atoms with Gasteiger partial charge >= 0.3 is 0 Å². The summed E-state index contributed by atoms with van der Waals surface area (Å²) in [7, 11) is 1.48. The number of nitrogens with zero attached hydrogens (tertiary/aromatic N) is 3. The minimum absolute atomic E-state index is 0.00945. The molecule has 4 amide bonds. The second-order valence-electron chi connectivity index (χ2n) is 14.0. The molecule has 3 aromatic carbocycles. The molecule has 1 saturated carbocycles. The summed E-state index contributed by atoms with van der Waals surface area (Å²) in [5.74, 6) is -3.58. The Morgan fingerprint density at radius 2 is 1.54 bits per heavy atom. The van der Waals surface area contributed by atoms with E-state index in [1.807, 2.05) is 55.5 Å². The lowest BCUT2D eigenvalue weighted by Gasteiger charge is -2.47. The zero-order valence-corrected chi connectivity index (χ0v) is 28.0. The van der Waals surface area contributed by atoms with Crippen molar-refractivity contribution in [3.05, 3.63) is 96.1 Å². The lowest BCUT2D eigenvalue weighted by molar-refractivity contribution is -0.132. The first-order valence-corrected chi connectivity index (χ1v) is 17.2. The van der Waals surface area contributed by atoms with Crippen LogP contribution in [0.2, 0.25) is 0 Å². The summed E-state index contributed by atoms with van der Waals surface area (Å²) in [5.41, 5.74) is 2.59. The van der Waals surface area contributed by atoms with E-state index in [1.165, 1.54) is 16.9 Å². The minimum Gasteiger partial charge on any atom is -0.504 e. The summed E-state index contributed by atoms with van der Waals surface area (Å²) in [6.07, 6.45) is 6.51. The van der Waals surface area contributed by atoms with E-state index in [4.69, 9.17) is 9.47 Å². The first kappa shape index (κ1) is 32.0. The molecule has 2 aliphatic carbocycles. The molecule has 6 atom stereocenters. The van der Waals surface area contributed by atoms with E-state index >= 15 is 0 Å². The van der Waals surface area contributed by atoms with Gasteiger partial charge in [0.25, 0.3) is 0 Å². The number of hydrogen-bond donors (Lipinski definition) is 1. The summed E-state index contributed by atoms with van der Waals surface area (Å²) in [5, 5.41) is 10.2. The van der Waals surface area contributed by atoms with Gasteiger partial charge in [-0.2, -0.15) is 0 Å². The molecule has 3 aliphatic heterocycles. The summed E-state index contributed by atoms with van der Waals surface area (Å²) >= 11 is 0. The highest BCUT2D eigenvalue weighted by atomic mass is 16.5. The van der Waals surface area contributed by atoms with Crippen LogP contribution in [0.5, 0.6) is 11.5 Å². The van der Waals surface area contributed by atoms with Crippen molar-refractivity contribution in [3.63, 3.8) is 0 Å². The number of phenolic OH excluding ortho intramolecular Hbond substituents is 1. The molecule has 10 nitrogen and oxygen atoms in total. The summed E-state index contributed by atoms with van der Waals surface area (Å²) in [4.78, 5) is 62.1. The van der Waals surface area contributed by atoms with Crippen LogP contribution in [0.25, 0.3) is 6.08 Å². The molecule has 50 heavy (non-hydrogen) atoms. The number of rotatable bonds is 6. The number of methoxy groups -OCH3 is 1. The topological polar surface area (TPSA) is 117 Å². The van der Waals surface area contributed by atoms with E-state index in [0.29, 0.717) is 36.8 Å². The fourth-order valence-corrected chi connectivity index (χ4v) is 8.94. The molecule has 0 bridgehead atoms. The van der Waals surface area contributed by atoms with Crippen molar-refractivity contribution in [2.24, 2.45) is 35.0 Å². The van der Waals surface area contributed by atoms with E-state index < -0.39 is 35.0 Å². The average molecular weight is 674 g/mol. The Morgan fingerprint density at radius 3 is 2.26 bits per heavy atom.